The lowest BCUT2D eigenvalue weighted by atomic mass is 9.89. The third-order valence-electron chi connectivity index (χ3n) is 3.60. The van der Waals surface area contributed by atoms with E-state index < -0.39 is 0 Å². The minimum Gasteiger partial charge on any atom is -0.378 e. The van der Waals surface area contributed by atoms with E-state index in [-0.39, 0.29) is 5.41 Å². The van der Waals surface area contributed by atoms with E-state index in [1.807, 2.05) is 6.07 Å². The van der Waals surface area contributed by atoms with Gasteiger partial charge >= 0.3 is 0 Å². The van der Waals surface area contributed by atoms with Crippen molar-refractivity contribution in [2.24, 2.45) is 0 Å². The summed E-state index contributed by atoms with van der Waals surface area (Å²) < 4.78 is 5.41. The molecule has 1 saturated heterocycles. The fraction of sp³-hybridized carbons (Fsp3) is 0.500. The Balaban J connectivity index is 2.14. The first kappa shape index (κ1) is 13.3. The van der Waals surface area contributed by atoms with Crippen LogP contribution in [0.5, 0.6) is 0 Å². The van der Waals surface area contributed by atoms with Crippen molar-refractivity contribution in [2.45, 2.75) is 26.2 Å². The Labute approximate surface area is 119 Å². The highest BCUT2D eigenvalue weighted by Gasteiger charge is 2.22. The molecule has 1 fully saturated rings. The van der Waals surface area contributed by atoms with Gasteiger partial charge in [-0.2, -0.15) is 0 Å². The Hall–Kier alpha value is -1.68. The van der Waals surface area contributed by atoms with Crippen molar-refractivity contribution in [1.29, 1.82) is 0 Å². The van der Waals surface area contributed by atoms with Gasteiger partial charge in [0, 0.05) is 23.9 Å². The molecule has 0 amide bonds. The summed E-state index contributed by atoms with van der Waals surface area (Å²) in [6.45, 7) is 9.83. The second-order valence-electron chi connectivity index (χ2n) is 6.24. The predicted octanol–water partition coefficient (Wildman–Crippen LogP) is 2.76. The van der Waals surface area contributed by atoms with Crippen LogP contribution < -0.4 is 4.90 Å². The third kappa shape index (κ3) is 2.48. The van der Waals surface area contributed by atoms with Crippen LogP contribution in [0, 0.1) is 0 Å². The van der Waals surface area contributed by atoms with Gasteiger partial charge in [0.2, 0.25) is 5.95 Å². The van der Waals surface area contributed by atoms with Crippen molar-refractivity contribution in [2.75, 3.05) is 31.2 Å². The highest BCUT2D eigenvalue weighted by atomic mass is 16.5. The molecule has 2 aromatic rings. The SMILES string of the molecule is CC(C)(C)c1nc(N2CCOCC2)nc2ccccc12. The highest BCUT2D eigenvalue weighted by Crippen LogP contribution is 2.29. The first-order chi connectivity index (χ1) is 9.55. The second kappa shape index (κ2) is 5.02. The van der Waals surface area contributed by atoms with E-state index >= 15 is 0 Å². The maximum Gasteiger partial charge on any atom is 0.226 e. The van der Waals surface area contributed by atoms with Gasteiger partial charge in [-0.25, -0.2) is 9.97 Å². The van der Waals surface area contributed by atoms with Crippen molar-refractivity contribution in [3.8, 4) is 0 Å². The van der Waals surface area contributed by atoms with E-state index in [1.165, 1.54) is 0 Å². The predicted molar refractivity (Wildman–Crippen MR) is 81.3 cm³/mol. The van der Waals surface area contributed by atoms with Gasteiger partial charge in [0.05, 0.1) is 24.4 Å². The molecule has 0 bridgehead atoms. The zero-order chi connectivity index (χ0) is 14.2. The molecule has 1 aliphatic rings. The summed E-state index contributed by atoms with van der Waals surface area (Å²) in [5.41, 5.74) is 2.14. The van der Waals surface area contributed by atoms with Crippen LogP contribution in [0.15, 0.2) is 24.3 Å². The van der Waals surface area contributed by atoms with Gasteiger partial charge in [0.25, 0.3) is 0 Å². The lowest BCUT2D eigenvalue weighted by molar-refractivity contribution is 0.122. The Morgan fingerprint density at radius 3 is 2.45 bits per heavy atom. The minimum atomic E-state index is 0.00355. The van der Waals surface area contributed by atoms with Crippen LogP contribution in [-0.2, 0) is 10.2 Å². The van der Waals surface area contributed by atoms with Gasteiger partial charge in [0.1, 0.15) is 0 Å². The number of rotatable bonds is 1. The maximum absolute atomic E-state index is 5.41. The highest BCUT2D eigenvalue weighted by molar-refractivity contribution is 5.82. The second-order valence-corrected chi connectivity index (χ2v) is 6.24. The Kier molecular flexibility index (Phi) is 3.34. The number of aromatic nitrogens is 2. The molecule has 0 aliphatic carbocycles. The van der Waals surface area contributed by atoms with Crippen molar-refractivity contribution in [3.63, 3.8) is 0 Å². The van der Waals surface area contributed by atoms with Gasteiger partial charge in [0.15, 0.2) is 0 Å². The summed E-state index contributed by atoms with van der Waals surface area (Å²) in [6.07, 6.45) is 0. The number of para-hydroxylation sites is 1. The van der Waals surface area contributed by atoms with Crippen LogP contribution in [0.3, 0.4) is 0 Å². The maximum atomic E-state index is 5.41. The van der Waals surface area contributed by atoms with Crippen molar-refractivity contribution in [1.82, 2.24) is 9.97 Å². The van der Waals surface area contributed by atoms with Gasteiger partial charge in [-0.15, -0.1) is 0 Å². The summed E-state index contributed by atoms with van der Waals surface area (Å²) in [4.78, 5) is 11.8. The number of nitrogens with zero attached hydrogens (tertiary/aromatic N) is 3. The molecule has 0 spiro atoms. The zero-order valence-electron chi connectivity index (χ0n) is 12.4. The van der Waals surface area contributed by atoms with Crippen LogP contribution in [0.25, 0.3) is 10.9 Å². The molecule has 0 radical (unpaired) electrons. The fourth-order valence-corrected chi connectivity index (χ4v) is 2.54. The molecule has 1 aromatic heterocycles. The van der Waals surface area contributed by atoms with Crippen molar-refractivity contribution in [3.05, 3.63) is 30.0 Å². The normalized spacial score (nSPS) is 16.6. The van der Waals surface area contributed by atoms with E-state index in [0.717, 1.165) is 48.8 Å². The van der Waals surface area contributed by atoms with E-state index in [1.54, 1.807) is 0 Å². The molecule has 1 aromatic carbocycles. The van der Waals surface area contributed by atoms with Crippen LogP contribution in [0.2, 0.25) is 0 Å². The minimum absolute atomic E-state index is 0.00355. The van der Waals surface area contributed by atoms with E-state index in [4.69, 9.17) is 14.7 Å². The first-order valence-electron chi connectivity index (χ1n) is 7.16. The summed E-state index contributed by atoms with van der Waals surface area (Å²) >= 11 is 0. The Morgan fingerprint density at radius 2 is 1.75 bits per heavy atom. The Morgan fingerprint density at radius 1 is 1.05 bits per heavy atom. The summed E-state index contributed by atoms with van der Waals surface area (Å²) in [5.74, 6) is 0.830. The number of anilines is 1. The van der Waals surface area contributed by atoms with Crippen molar-refractivity contribution < 1.29 is 4.74 Å². The molecule has 0 atom stereocenters. The monoisotopic (exact) mass is 271 g/mol. The van der Waals surface area contributed by atoms with E-state index in [9.17, 15) is 0 Å². The molecular formula is C16H21N3O. The molecule has 4 nitrogen and oxygen atoms in total. The van der Waals surface area contributed by atoms with Crippen LogP contribution in [0.1, 0.15) is 26.5 Å². The molecule has 2 heterocycles. The summed E-state index contributed by atoms with van der Waals surface area (Å²) in [5, 5.41) is 1.15. The molecule has 0 unspecified atom stereocenters. The molecule has 4 heteroatoms. The molecule has 1 aliphatic heterocycles. The molecular weight excluding hydrogens is 250 g/mol. The van der Waals surface area contributed by atoms with Gasteiger partial charge < -0.3 is 9.64 Å². The molecule has 0 saturated carbocycles. The number of morpholine rings is 1. The van der Waals surface area contributed by atoms with Crippen molar-refractivity contribution >= 4 is 16.9 Å². The van der Waals surface area contributed by atoms with E-state index in [2.05, 4.69) is 43.9 Å². The number of hydrogen-bond donors (Lipinski definition) is 0. The van der Waals surface area contributed by atoms with Gasteiger partial charge in [-0.3, -0.25) is 0 Å². The van der Waals surface area contributed by atoms with Crippen LogP contribution in [-0.4, -0.2) is 36.3 Å². The molecule has 3 rings (SSSR count). The molecule has 20 heavy (non-hydrogen) atoms. The fourth-order valence-electron chi connectivity index (χ4n) is 2.54. The average molecular weight is 271 g/mol. The lowest BCUT2D eigenvalue weighted by Gasteiger charge is -2.29. The van der Waals surface area contributed by atoms with E-state index in [0.29, 0.717) is 0 Å². The van der Waals surface area contributed by atoms with Gasteiger partial charge in [-0.1, -0.05) is 39.0 Å². The Bertz CT molecular complexity index is 613. The number of fused-ring (bicyclic) bond motifs is 1. The summed E-state index contributed by atoms with van der Waals surface area (Å²) in [7, 11) is 0. The number of hydrogen-bond acceptors (Lipinski definition) is 4. The number of benzene rings is 1. The largest absolute Gasteiger partial charge is 0.378 e. The molecule has 0 N–H and O–H groups in total. The van der Waals surface area contributed by atoms with Crippen LogP contribution in [0.4, 0.5) is 5.95 Å². The number of ether oxygens (including phenoxy) is 1. The standard InChI is InChI=1S/C16H21N3O/c1-16(2,3)14-12-6-4-5-7-13(12)17-15(18-14)19-8-10-20-11-9-19/h4-7H,8-11H2,1-3H3. The summed E-state index contributed by atoms with van der Waals surface area (Å²) in [6, 6.07) is 8.26. The van der Waals surface area contributed by atoms with Crippen LogP contribution >= 0.6 is 0 Å². The quantitative estimate of drug-likeness (QED) is 0.799. The topological polar surface area (TPSA) is 38.2 Å². The zero-order valence-corrected chi connectivity index (χ0v) is 12.4. The van der Waals surface area contributed by atoms with Gasteiger partial charge in [-0.05, 0) is 6.07 Å². The first-order valence-corrected chi connectivity index (χ1v) is 7.16. The average Bonchev–Trinajstić information content (AvgIpc) is 2.46. The molecule has 106 valence electrons. The third-order valence-corrected chi connectivity index (χ3v) is 3.60. The lowest BCUT2D eigenvalue weighted by Crippen LogP contribution is -2.37. The smallest absolute Gasteiger partial charge is 0.226 e.